The molecule has 0 aliphatic carbocycles. The van der Waals surface area contributed by atoms with Gasteiger partial charge in [0.05, 0.1) is 11.8 Å². The van der Waals surface area contributed by atoms with Crippen LogP contribution in [0.25, 0.3) is 10.8 Å². The molecular weight excluding hydrogens is 377 g/mol. The van der Waals surface area contributed by atoms with Crippen LogP contribution in [0.4, 0.5) is 4.39 Å². The number of carbonyl (C=O) groups excluding carboxylic acids is 2. The van der Waals surface area contributed by atoms with Crippen LogP contribution in [0, 0.1) is 5.82 Å². The van der Waals surface area contributed by atoms with E-state index in [2.05, 4.69) is 5.32 Å². The second kappa shape index (κ2) is 9.37. The number of hydrogen-bond acceptors (Lipinski definition) is 4. The van der Waals surface area contributed by atoms with Gasteiger partial charge in [-0.1, -0.05) is 54.6 Å². The maximum atomic E-state index is 13.5. The number of amides is 1. The predicted octanol–water partition coefficient (Wildman–Crippen LogP) is 4.49. The molecule has 4 nitrogen and oxygen atoms in total. The van der Waals surface area contributed by atoms with Gasteiger partial charge in [0.25, 0.3) is 5.91 Å². The number of rotatable bonds is 7. The van der Waals surface area contributed by atoms with Gasteiger partial charge in [0.15, 0.2) is 6.61 Å². The van der Waals surface area contributed by atoms with Gasteiger partial charge in [-0.2, -0.15) is 0 Å². The van der Waals surface area contributed by atoms with Crippen molar-refractivity contribution in [2.75, 3.05) is 12.4 Å². The summed E-state index contributed by atoms with van der Waals surface area (Å²) in [6, 6.07) is 19.8. The molecule has 0 saturated heterocycles. The van der Waals surface area contributed by atoms with Crippen molar-refractivity contribution in [2.45, 2.75) is 17.9 Å². The average Bonchev–Trinajstić information content (AvgIpc) is 2.71. The summed E-state index contributed by atoms with van der Waals surface area (Å²) in [6.07, 6.45) is 0. The first kappa shape index (κ1) is 19.9. The third-order valence-electron chi connectivity index (χ3n) is 4.21. The Kier molecular flexibility index (Phi) is 6.66. The predicted molar refractivity (Wildman–Crippen MR) is 109 cm³/mol. The van der Waals surface area contributed by atoms with Gasteiger partial charge in [-0.15, -0.1) is 11.8 Å². The van der Waals surface area contributed by atoms with Crippen LogP contribution in [-0.2, 0) is 14.3 Å². The van der Waals surface area contributed by atoms with Crippen molar-refractivity contribution >= 4 is 34.4 Å². The first-order chi connectivity index (χ1) is 13.5. The number of thioether (sulfide) groups is 1. The van der Waals surface area contributed by atoms with Crippen molar-refractivity contribution in [1.29, 1.82) is 0 Å². The zero-order valence-corrected chi connectivity index (χ0v) is 16.2. The number of hydrogen-bond donors (Lipinski definition) is 1. The van der Waals surface area contributed by atoms with Crippen molar-refractivity contribution in [1.82, 2.24) is 5.32 Å². The maximum absolute atomic E-state index is 13.5. The third-order valence-corrected chi connectivity index (χ3v) is 5.24. The Labute approximate surface area is 167 Å². The van der Waals surface area contributed by atoms with E-state index >= 15 is 0 Å². The Bertz CT molecular complexity index is 987. The molecule has 3 aromatic rings. The van der Waals surface area contributed by atoms with Crippen LogP contribution in [0.5, 0.6) is 0 Å². The van der Waals surface area contributed by atoms with E-state index in [9.17, 15) is 14.0 Å². The highest BCUT2D eigenvalue weighted by Gasteiger charge is 2.14. The Morgan fingerprint density at radius 1 is 1.04 bits per heavy atom. The minimum absolute atomic E-state index is 0.0624. The fraction of sp³-hybridized carbons (Fsp3) is 0.182. The topological polar surface area (TPSA) is 55.4 Å². The Morgan fingerprint density at radius 3 is 2.57 bits per heavy atom. The van der Waals surface area contributed by atoms with Crippen LogP contribution in [0.2, 0.25) is 0 Å². The molecule has 1 atom stereocenters. The molecule has 0 heterocycles. The number of benzene rings is 3. The molecule has 3 aromatic carbocycles. The molecule has 1 amide bonds. The number of carbonyl (C=O) groups is 2. The zero-order chi connectivity index (χ0) is 19.9. The molecule has 6 heteroatoms. The van der Waals surface area contributed by atoms with Crippen molar-refractivity contribution in [2.24, 2.45) is 0 Å². The van der Waals surface area contributed by atoms with Crippen LogP contribution in [-0.4, -0.2) is 24.2 Å². The molecule has 0 saturated carbocycles. The van der Waals surface area contributed by atoms with E-state index in [4.69, 9.17) is 4.74 Å². The van der Waals surface area contributed by atoms with Gasteiger partial charge in [-0.05, 0) is 35.4 Å². The lowest BCUT2D eigenvalue weighted by Crippen LogP contribution is -2.31. The molecule has 0 spiro atoms. The highest BCUT2D eigenvalue weighted by molar-refractivity contribution is 8.00. The van der Waals surface area contributed by atoms with Crippen molar-refractivity contribution in [3.8, 4) is 0 Å². The molecule has 0 aromatic heterocycles. The summed E-state index contributed by atoms with van der Waals surface area (Å²) in [5.41, 5.74) is 0.993. The molecule has 144 valence electrons. The number of nitrogens with one attached hydrogen (secondary N) is 1. The second-order valence-corrected chi connectivity index (χ2v) is 7.25. The van der Waals surface area contributed by atoms with Gasteiger partial charge >= 0.3 is 5.97 Å². The lowest BCUT2D eigenvalue weighted by atomic mass is 10.00. The summed E-state index contributed by atoms with van der Waals surface area (Å²) in [5.74, 6) is -1.40. The second-order valence-electron chi connectivity index (χ2n) is 6.24. The van der Waals surface area contributed by atoms with Gasteiger partial charge in [0.1, 0.15) is 5.82 Å². The molecule has 0 unspecified atom stereocenters. The number of esters is 1. The summed E-state index contributed by atoms with van der Waals surface area (Å²) in [5, 5.41) is 5.00. The quantitative estimate of drug-likeness (QED) is 0.471. The van der Waals surface area contributed by atoms with Gasteiger partial charge < -0.3 is 10.1 Å². The van der Waals surface area contributed by atoms with Crippen LogP contribution < -0.4 is 5.32 Å². The highest BCUT2D eigenvalue weighted by atomic mass is 32.2. The smallest absolute Gasteiger partial charge is 0.316 e. The van der Waals surface area contributed by atoms with Gasteiger partial charge in [-0.25, -0.2) is 4.39 Å². The van der Waals surface area contributed by atoms with E-state index in [1.54, 1.807) is 18.2 Å². The molecule has 0 radical (unpaired) electrons. The number of ether oxygens (including phenoxy) is 1. The maximum Gasteiger partial charge on any atom is 0.316 e. The summed E-state index contributed by atoms with van der Waals surface area (Å²) >= 11 is 1.04. The molecule has 28 heavy (non-hydrogen) atoms. The van der Waals surface area contributed by atoms with Crippen LogP contribution in [0.1, 0.15) is 18.5 Å². The fourth-order valence-corrected chi connectivity index (χ4v) is 3.61. The summed E-state index contributed by atoms with van der Waals surface area (Å²) in [7, 11) is 0. The zero-order valence-electron chi connectivity index (χ0n) is 15.4. The summed E-state index contributed by atoms with van der Waals surface area (Å²) in [6.45, 7) is 1.52. The van der Waals surface area contributed by atoms with E-state index < -0.39 is 5.97 Å². The lowest BCUT2D eigenvalue weighted by Gasteiger charge is -2.16. The minimum atomic E-state index is -0.568. The van der Waals surface area contributed by atoms with Crippen molar-refractivity contribution in [3.63, 3.8) is 0 Å². The largest absolute Gasteiger partial charge is 0.455 e. The SMILES string of the molecule is C[C@H](NC(=O)COC(=O)CSc1ccccc1F)c1cccc2ccccc12. The standard InChI is InChI=1S/C22H20FNO3S/c1-15(17-10-6-8-16-7-2-3-9-18(16)17)24-21(25)13-27-22(26)14-28-20-12-5-4-11-19(20)23/h2-12,15H,13-14H2,1H3,(H,24,25)/t15-/m0/s1. The number of halogens is 1. The summed E-state index contributed by atoms with van der Waals surface area (Å²) in [4.78, 5) is 24.3. The van der Waals surface area contributed by atoms with E-state index in [-0.39, 0.29) is 30.1 Å². The number of fused-ring (bicyclic) bond motifs is 1. The lowest BCUT2D eigenvalue weighted by molar-refractivity contribution is -0.146. The summed E-state index contributed by atoms with van der Waals surface area (Å²) < 4.78 is 18.5. The Balaban J connectivity index is 1.49. The monoisotopic (exact) mass is 397 g/mol. The van der Waals surface area contributed by atoms with Crippen molar-refractivity contribution < 1.29 is 18.7 Å². The Morgan fingerprint density at radius 2 is 1.75 bits per heavy atom. The Hall–Kier alpha value is -2.86. The molecule has 1 N–H and O–H groups in total. The highest BCUT2D eigenvalue weighted by Crippen LogP contribution is 2.24. The average molecular weight is 397 g/mol. The van der Waals surface area contributed by atoms with E-state index in [0.717, 1.165) is 28.1 Å². The van der Waals surface area contributed by atoms with Crippen LogP contribution in [0.3, 0.4) is 0 Å². The van der Waals surface area contributed by atoms with Crippen LogP contribution >= 0.6 is 11.8 Å². The molecule has 0 bridgehead atoms. The minimum Gasteiger partial charge on any atom is -0.455 e. The molecule has 3 rings (SSSR count). The first-order valence-corrected chi connectivity index (χ1v) is 9.83. The third kappa shape index (κ3) is 5.10. The van der Waals surface area contributed by atoms with E-state index in [1.807, 2.05) is 49.4 Å². The molecule has 0 fully saturated rings. The first-order valence-electron chi connectivity index (χ1n) is 8.84. The van der Waals surface area contributed by atoms with Gasteiger partial charge in [0.2, 0.25) is 0 Å². The van der Waals surface area contributed by atoms with E-state index in [1.165, 1.54) is 6.07 Å². The van der Waals surface area contributed by atoms with E-state index in [0.29, 0.717) is 4.90 Å². The van der Waals surface area contributed by atoms with Crippen LogP contribution in [0.15, 0.2) is 71.6 Å². The van der Waals surface area contributed by atoms with Gasteiger partial charge in [0, 0.05) is 4.90 Å². The molecular formula is C22H20FNO3S. The molecule has 0 aliphatic heterocycles. The van der Waals surface area contributed by atoms with Crippen molar-refractivity contribution in [3.05, 3.63) is 78.1 Å². The normalized spacial score (nSPS) is 11.8. The molecule has 0 aliphatic rings. The van der Waals surface area contributed by atoms with Gasteiger partial charge in [-0.3, -0.25) is 9.59 Å². The fourth-order valence-electron chi connectivity index (χ4n) is 2.88.